The van der Waals surface area contributed by atoms with Crippen molar-refractivity contribution in [1.29, 1.82) is 0 Å². The van der Waals surface area contributed by atoms with Crippen LogP contribution in [0.3, 0.4) is 0 Å². The maximum absolute atomic E-state index is 12.5. The summed E-state index contributed by atoms with van der Waals surface area (Å²) in [5.41, 5.74) is 2.44. The number of carbonyl (C=O) groups excluding carboxylic acids is 3. The molecule has 0 saturated carbocycles. The maximum atomic E-state index is 12.5. The third-order valence-electron chi connectivity index (χ3n) is 3.97. The zero-order valence-corrected chi connectivity index (χ0v) is 13.6. The summed E-state index contributed by atoms with van der Waals surface area (Å²) < 4.78 is 1.10. The number of amides is 3. The molecule has 1 unspecified atom stereocenters. The Hall–Kier alpha value is -1.64. The first-order valence-corrected chi connectivity index (χ1v) is 7.64. The van der Waals surface area contributed by atoms with Gasteiger partial charge in [-0.3, -0.25) is 14.4 Å². The van der Waals surface area contributed by atoms with Crippen LogP contribution in [0.4, 0.5) is 5.69 Å². The lowest BCUT2D eigenvalue weighted by Crippen LogP contribution is -2.51. The van der Waals surface area contributed by atoms with Gasteiger partial charge in [0, 0.05) is 36.8 Å². The summed E-state index contributed by atoms with van der Waals surface area (Å²) in [7, 11) is 1.81. The predicted octanol–water partition coefficient (Wildman–Crippen LogP) is 1.55. The van der Waals surface area contributed by atoms with Gasteiger partial charge in [-0.1, -0.05) is 6.07 Å². The van der Waals surface area contributed by atoms with Crippen LogP contribution in [-0.2, 0) is 16.1 Å². The lowest BCUT2D eigenvalue weighted by Gasteiger charge is -2.32. The van der Waals surface area contributed by atoms with Crippen molar-refractivity contribution in [1.82, 2.24) is 8.01 Å². The Morgan fingerprint density at radius 2 is 2.05 bits per heavy atom. The van der Waals surface area contributed by atoms with E-state index in [1.54, 1.807) is 40.9 Å². The number of carbonyl (C=O) groups is 3. The molecule has 1 aromatic rings. The molecule has 2 aliphatic rings. The normalized spacial score (nSPS) is 21.8. The quantitative estimate of drug-likeness (QED) is 0.466. The number of nitrogens with zero attached hydrogens (tertiary/aromatic N) is 2. The van der Waals surface area contributed by atoms with E-state index in [9.17, 15) is 14.4 Å². The van der Waals surface area contributed by atoms with Crippen molar-refractivity contribution in [2.75, 3.05) is 12.4 Å². The SMILES string of the molecule is CNc1cccc2c1CN(C1CCC(=O)N(I)C1=O)C2=O. The Kier molecular flexibility index (Phi) is 3.60. The predicted molar refractivity (Wildman–Crippen MR) is 84.8 cm³/mol. The van der Waals surface area contributed by atoms with E-state index in [1.807, 2.05) is 12.1 Å². The highest BCUT2D eigenvalue weighted by atomic mass is 127. The molecule has 1 aromatic carbocycles. The minimum atomic E-state index is -0.552. The number of piperidine rings is 1. The van der Waals surface area contributed by atoms with Crippen LogP contribution in [0, 0.1) is 0 Å². The fraction of sp³-hybridized carbons (Fsp3) is 0.357. The highest BCUT2D eigenvalue weighted by Gasteiger charge is 2.42. The van der Waals surface area contributed by atoms with Crippen molar-refractivity contribution >= 4 is 46.3 Å². The smallest absolute Gasteiger partial charge is 0.260 e. The van der Waals surface area contributed by atoms with Crippen molar-refractivity contribution in [3.63, 3.8) is 0 Å². The Morgan fingerprint density at radius 3 is 2.76 bits per heavy atom. The molecule has 110 valence electrons. The Labute approximate surface area is 136 Å². The van der Waals surface area contributed by atoms with Crippen LogP contribution >= 0.6 is 22.9 Å². The van der Waals surface area contributed by atoms with Crippen LogP contribution in [0.5, 0.6) is 0 Å². The summed E-state index contributed by atoms with van der Waals surface area (Å²) in [5.74, 6) is -0.643. The number of fused-ring (bicyclic) bond motifs is 1. The highest BCUT2D eigenvalue weighted by molar-refractivity contribution is 14.1. The van der Waals surface area contributed by atoms with Crippen molar-refractivity contribution in [2.45, 2.75) is 25.4 Å². The summed E-state index contributed by atoms with van der Waals surface area (Å²) in [6.07, 6.45) is 0.685. The van der Waals surface area contributed by atoms with Gasteiger partial charge in [0.1, 0.15) is 6.04 Å². The minimum absolute atomic E-state index is 0.139. The van der Waals surface area contributed by atoms with Crippen LogP contribution in [0.1, 0.15) is 28.8 Å². The first-order chi connectivity index (χ1) is 10.0. The molecule has 7 heteroatoms. The van der Waals surface area contributed by atoms with Gasteiger partial charge >= 0.3 is 0 Å². The molecule has 0 spiro atoms. The maximum Gasteiger partial charge on any atom is 0.260 e. The van der Waals surface area contributed by atoms with Crippen LogP contribution in [0.15, 0.2) is 18.2 Å². The lowest BCUT2D eigenvalue weighted by molar-refractivity contribution is -0.143. The molecule has 6 nitrogen and oxygen atoms in total. The number of rotatable bonds is 2. The third-order valence-corrected chi connectivity index (χ3v) is 4.98. The molecule has 3 rings (SSSR count). The van der Waals surface area contributed by atoms with Gasteiger partial charge in [-0.2, -0.15) is 0 Å². The van der Waals surface area contributed by atoms with E-state index in [1.165, 1.54) is 0 Å². The van der Waals surface area contributed by atoms with Crippen molar-refractivity contribution in [3.8, 4) is 0 Å². The fourth-order valence-corrected chi connectivity index (χ4v) is 3.43. The monoisotopic (exact) mass is 399 g/mol. The number of benzene rings is 1. The average Bonchev–Trinajstić information content (AvgIpc) is 2.82. The summed E-state index contributed by atoms with van der Waals surface area (Å²) in [4.78, 5) is 37.9. The molecule has 1 saturated heterocycles. The van der Waals surface area contributed by atoms with Crippen molar-refractivity contribution in [2.24, 2.45) is 0 Å². The number of hydrogen-bond acceptors (Lipinski definition) is 4. The van der Waals surface area contributed by atoms with Gasteiger partial charge in [0.15, 0.2) is 0 Å². The molecule has 0 aromatic heterocycles. The van der Waals surface area contributed by atoms with Crippen LogP contribution in [0.25, 0.3) is 0 Å². The third kappa shape index (κ3) is 2.19. The molecule has 0 radical (unpaired) electrons. The fourth-order valence-electron chi connectivity index (χ4n) is 2.87. The Morgan fingerprint density at radius 1 is 1.29 bits per heavy atom. The molecule has 0 aliphatic carbocycles. The van der Waals surface area contributed by atoms with Gasteiger partial charge in [0.25, 0.3) is 11.8 Å². The van der Waals surface area contributed by atoms with Gasteiger partial charge < -0.3 is 10.2 Å². The molecule has 1 fully saturated rings. The van der Waals surface area contributed by atoms with E-state index in [-0.39, 0.29) is 17.7 Å². The second kappa shape index (κ2) is 5.28. The molecule has 1 N–H and O–H groups in total. The summed E-state index contributed by atoms with van der Waals surface area (Å²) in [6.45, 7) is 0.403. The van der Waals surface area contributed by atoms with E-state index in [4.69, 9.17) is 0 Å². The molecule has 21 heavy (non-hydrogen) atoms. The van der Waals surface area contributed by atoms with Crippen LogP contribution in [-0.4, -0.2) is 38.8 Å². The lowest BCUT2D eigenvalue weighted by atomic mass is 10.0. The van der Waals surface area contributed by atoms with E-state index < -0.39 is 6.04 Å². The zero-order valence-electron chi connectivity index (χ0n) is 11.4. The minimum Gasteiger partial charge on any atom is -0.388 e. The molecule has 0 bridgehead atoms. The summed E-state index contributed by atoms with van der Waals surface area (Å²) in [6, 6.07) is 4.96. The summed E-state index contributed by atoms with van der Waals surface area (Å²) >= 11 is 1.72. The van der Waals surface area contributed by atoms with Crippen LogP contribution in [0.2, 0.25) is 0 Å². The van der Waals surface area contributed by atoms with Gasteiger partial charge in [0.05, 0.1) is 22.9 Å². The molecule has 2 heterocycles. The zero-order chi connectivity index (χ0) is 15.1. The van der Waals surface area contributed by atoms with E-state index in [2.05, 4.69) is 5.32 Å². The largest absolute Gasteiger partial charge is 0.388 e. The molecule has 2 aliphatic heterocycles. The first kappa shape index (κ1) is 14.3. The van der Waals surface area contributed by atoms with Gasteiger partial charge in [-0.25, -0.2) is 3.11 Å². The average molecular weight is 399 g/mol. The second-order valence-corrected chi connectivity index (χ2v) is 6.05. The van der Waals surface area contributed by atoms with Crippen molar-refractivity contribution < 1.29 is 14.4 Å². The first-order valence-electron chi connectivity index (χ1n) is 6.67. The van der Waals surface area contributed by atoms with Crippen LogP contribution < -0.4 is 5.32 Å². The standard InChI is InChI=1S/C14H14IN3O3/c1-16-10-4-2-3-8-9(10)7-17(13(8)20)11-5-6-12(19)18(15)14(11)21/h2-4,11,16H,5-7H2,1H3. The highest BCUT2D eigenvalue weighted by Crippen LogP contribution is 2.33. The second-order valence-electron chi connectivity index (χ2n) is 5.08. The van der Waals surface area contributed by atoms with Gasteiger partial charge in [0.2, 0.25) is 5.91 Å². The van der Waals surface area contributed by atoms with E-state index in [0.717, 1.165) is 14.4 Å². The van der Waals surface area contributed by atoms with E-state index >= 15 is 0 Å². The van der Waals surface area contributed by atoms with Gasteiger partial charge in [-0.15, -0.1) is 0 Å². The molecule has 3 amide bonds. The van der Waals surface area contributed by atoms with Gasteiger partial charge in [-0.05, 0) is 18.6 Å². The number of hydrogen-bond donors (Lipinski definition) is 1. The number of anilines is 1. The number of imide groups is 1. The Balaban J connectivity index is 1.91. The summed E-state index contributed by atoms with van der Waals surface area (Å²) in [5, 5.41) is 3.07. The number of nitrogens with one attached hydrogen (secondary N) is 1. The van der Waals surface area contributed by atoms with Crippen molar-refractivity contribution in [3.05, 3.63) is 29.3 Å². The molecular weight excluding hydrogens is 385 g/mol. The Bertz CT molecular complexity index is 646. The molecule has 1 atom stereocenters. The molecular formula is C14H14IN3O3. The topological polar surface area (TPSA) is 69.7 Å². The number of halogens is 1. The van der Waals surface area contributed by atoms with E-state index in [0.29, 0.717) is 24.9 Å².